The summed E-state index contributed by atoms with van der Waals surface area (Å²) < 4.78 is 0.668. The molecular formula is C22H18BrClN4O2S2. The SMILES string of the molecule is NC(=O)c1c(NC(=O)c2ccccc2Br)sc2c1CCN(C(=S)Nc1ccccc1Cl)C2. The molecule has 4 rings (SSSR count). The first-order chi connectivity index (χ1) is 15.3. The highest BCUT2D eigenvalue weighted by molar-refractivity contribution is 9.10. The van der Waals surface area contributed by atoms with Gasteiger partial charge in [0.05, 0.1) is 28.4 Å². The third-order valence-electron chi connectivity index (χ3n) is 5.05. The van der Waals surface area contributed by atoms with E-state index in [1.54, 1.807) is 24.3 Å². The number of carbonyl (C=O) groups excluding carboxylic acids is 2. The maximum atomic E-state index is 12.8. The van der Waals surface area contributed by atoms with Gasteiger partial charge in [-0.3, -0.25) is 9.59 Å². The first kappa shape index (κ1) is 22.7. The van der Waals surface area contributed by atoms with Crippen LogP contribution in [0.15, 0.2) is 53.0 Å². The first-order valence-electron chi connectivity index (χ1n) is 9.66. The Kier molecular flexibility index (Phi) is 6.80. The predicted molar refractivity (Wildman–Crippen MR) is 137 cm³/mol. The number of hydrogen-bond acceptors (Lipinski definition) is 4. The molecule has 0 fully saturated rings. The van der Waals surface area contributed by atoms with Crippen molar-refractivity contribution in [1.82, 2.24) is 4.90 Å². The molecule has 0 saturated carbocycles. The predicted octanol–water partition coefficient (Wildman–Crippen LogP) is 5.27. The van der Waals surface area contributed by atoms with E-state index in [2.05, 4.69) is 26.6 Å². The number of benzene rings is 2. The molecule has 6 nitrogen and oxygen atoms in total. The van der Waals surface area contributed by atoms with Crippen LogP contribution in [0.5, 0.6) is 0 Å². The van der Waals surface area contributed by atoms with Crippen LogP contribution < -0.4 is 16.4 Å². The minimum Gasteiger partial charge on any atom is -0.365 e. The van der Waals surface area contributed by atoms with Crippen LogP contribution in [-0.2, 0) is 13.0 Å². The van der Waals surface area contributed by atoms with E-state index < -0.39 is 5.91 Å². The number of nitrogens with two attached hydrogens (primary N) is 1. The second kappa shape index (κ2) is 9.58. The van der Waals surface area contributed by atoms with Crippen molar-refractivity contribution in [2.24, 2.45) is 5.73 Å². The van der Waals surface area contributed by atoms with E-state index in [0.29, 0.717) is 50.2 Å². The minimum absolute atomic E-state index is 0.314. The lowest BCUT2D eigenvalue weighted by Crippen LogP contribution is -2.38. The maximum absolute atomic E-state index is 12.8. The Morgan fingerprint density at radius 1 is 1.12 bits per heavy atom. The van der Waals surface area contributed by atoms with Gasteiger partial charge in [0, 0.05) is 15.9 Å². The van der Waals surface area contributed by atoms with Gasteiger partial charge in [-0.2, -0.15) is 0 Å². The number of fused-ring (bicyclic) bond motifs is 1. The summed E-state index contributed by atoms with van der Waals surface area (Å²) >= 11 is 16.5. The van der Waals surface area contributed by atoms with Crippen LogP contribution in [0.4, 0.5) is 10.7 Å². The van der Waals surface area contributed by atoms with Crippen LogP contribution in [-0.4, -0.2) is 28.4 Å². The smallest absolute Gasteiger partial charge is 0.257 e. The summed E-state index contributed by atoms with van der Waals surface area (Å²) in [7, 11) is 0. The summed E-state index contributed by atoms with van der Waals surface area (Å²) in [6.45, 7) is 1.11. The van der Waals surface area contributed by atoms with Crippen molar-refractivity contribution in [3.05, 3.63) is 79.6 Å². The highest BCUT2D eigenvalue weighted by Crippen LogP contribution is 2.37. The molecule has 2 aromatic carbocycles. The van der Waals surface area contributed by atoms with Crippen LogP contribution in [0.3, 0.4) is 0 Å². The first-order valence-corrected chi connectivity index (χ1v) is 12.1. The van der Waals surface area contributed by atoms with E-state index in [9.17, 15) is 9.59 Å². The van der Waals surface area contributed by atoms with Gasteiger partial charge in [-0.1, -0.05) is 35.9 Å². The van der Waals surface area contributed by atoms with E-state index in [-0.39, 0.29) is 5.91 Å². The van der Waals surface area contributed by atoms with Gasteiger partial charge in [0.2, 0.25) is 0 Å². The molecule has 32 heavy (non-hydrogen) atoms. The molecule has 0 aliphatic carbocycles. The number of nitrogens with one attached hydrogen (secondary N) is 2. The second-order valence-corrected chi connectivity index (χ2v) is 9.84. The van der Waals surface area contributed by atoms with Gasteiger partial charge in [0.15, 0.2) is 5.11 Å². The summed E-state index contributed by atoms with van der Waals surface area (Å²) in [5, 5.41) is 7.61. The number of halogens is 2. The highest BCUT2D eigenvalue weighted by Gasteiger charge is 2.29. The fraction of sp³-hybridized carbons (Fsp3) is 0.136. The molecule has 10 heteroatoms. The molecule has 2 heterocycles. The lowest BCUT2D eigenvalue weighted by Gasteiger charge is -2.29. The molecule has 1 aliphatic rings. The van der Waals surface area contributed by atoms with Crippen molar-refractivity contribution < 1.29 is 9.59 Å². The number of thiophene rings is 1. The van der Waals surface area contributed by atoms with E-state index in [4.69, 9.17) is 29.6 Å². The average molecular weight is 550 g/mol. The number of anilines is 2. The molecule has 2 amide bonds. The molecule has 1 aromatic heterocycles. The van der Waals surface area contributed by atoms with Crippen LogP contribution in [0.1, 0.15) is 31.2 Å². The topological polar surface area (TPSA) is 87.5 Å². The zero-order chi connectivity index (χ0) is 22.8. The van der Waals surface area contributed by atoms with Gasteiger partial charge in [-0.25, -0.2) is 0 Å². The highest BCUT2D eigenvalue weighted by atomic mass is 79.9. The summed E-state index contributed by atoms with van der Waals surface area (Å²) in [4.78, 5) is 28.0. The van der Waals surface area contributed by atoms with E-state index in [1.807, 2.05) is 29.2 Å². The Balaban J connectivity index is 1.56. The number of nitrogens with zero attached hydrogens (tertiary/aromatic N) is 1. The summed E-state index contributed by atoms with van der Waals surface area (Å²) in [6, 6.07) is 14.5. The molecule has 0 bridgehead atoms. The van der Waals surface area contributed by atoms with Crippen molar-refractivity contribution in [2.45, 2.75) is 13.0 Å². The van der Waals surface area contributed by atoms with Crippen molar-refractivity contribution in [1.29, 1.82) is 0 Å². The van der Waals surface area contributed by atoms with Crippen LogP contribution >= 0.6 is 51.1 Å². The summed E-state index contributed by atoms with van der Waals surface area (Å²) in [5.41, 5.74) is 8.12. The normalized spacial score (nSPS) is 12.8. The number of para-hydroxylation sites is 1. The lowest BCUT2D eigenvalue weighted by molar-refractivity contribution is 0.1000. The van der Waals surface area contributed by atoms with Crippen LogP contribution in [0, 0.1) is 0 Å². The largest absolute Gasteiger partial charge is 0.365 e. The quantitative estimate of drug-likeness (QED) is 0.386. The number of amides is 2. The Bertz CT molecular complexity index is 1230. The van der Waals surface area contributed by atoms with Crippen molar-refractivity contribution >= 4 is 78.7 Å². The number of primary amides is 1. The minimum atomic E-state index is -0.560. The zero-order valence-electron chi connectivity index (χ0n) is 16.7. The molecule has 0 spiro atoms. The summed E-state index contributed by atoms with van der Waals surface area (Å²) in [5.74, 6) is -0.874. The standard InChI is InChI=1S/C22H18BrClN4O2S2/c23-14-6-2-1-5-12(14)20(30)27-21-18(19(25)29)13-9-10-28(11-17(13)32-21)22(31)26-16-8-4-3-7-15(16)24/h1-8H,9-11H2,(H2,25,29)(H,26,31)(H,27,30). The van der Waals surface area contributed by atoms with Gasteiger partial charge in [0.1, 0.15) is 5.00 Å². The van der Waals surface area contributed by atoms with Crippen molar-refractivity contribution in [3.63, 3.8) is 0 Å². The van der Waals surface area contributed by atoms with E-state index in [0.717, 1.165) is 16.1 Å². The summed E-state index contributed by atoms with van der Waals surface area (Å²) in [6.07, 6.45) is 0.583. The van der Waals surface area contributed by atoms with E-state index >= 15 is 0 Å². The van der Waals surface area contributed by atoms with Gasteiger partial charge >= 0.3 is 0 Å². The number of carbonyl (C=O) groups is 2. The third-order valence-corrected chi connectivity index (χ3v) is 7.57. The molecule has 0 unspecified atom stereocenters. The molecule has 4 N–H and O–H groups in total. The Morgan fingerprint density at radius 2 is 1.84 bits per heavy atom. The Morgan fingerprint density at radius 3 is 2.56 bits per heavy atom. The van der Waals surface area contributed by atoms with Gasteiger partial charge in [0.25, 0.3) is 11.8 Å². The monoisotopic (exact) mass is 548 g/mol. The van der Waals surface area contributed by atoms with E-state index in [1.165, 1.54) is 11.3 Å². The lowest BCUT2D eigenvalue weighted by atomic mass is 10.0. The Labute approximate surface area is 207 Å². The molecule has 0 saturated heterocycles. The number of hydrogen-bond donors (Lipinski definition) is 3. The van der Waals surface area contributed by atoms with Crippen LogP contribution in [0.25, 0.3) is 0 Å². The average Bonchev–Trinajstić information content (AvgIpc) is 3.12. The van der Waals surface area contributed by atoms with Gasteiger partial charge in [-0.05, 0) is 64.4 Å². The number of rotatable bonds is 4. The van der Waals surface area contributed by atoms with Crippen molar-refractivity contribution in [2.75, 3.05) is 17.2 Å². The molecular weight excluding hydrogens is 532 g/mol. The van der Waals surface area contributed by atoms with Crippen molar-refractivity contribution in [3.8, 4) is 0 Å². The molecule has 0 radical (unpaired) electrons. The fourth-order valence-corrected chi connectivity index (χ4v) is 5.68. The molecule has 3 aromatic rings. The molecule has 1 aliphatic heterocycles. The second-order valence-electron chi connectivity index (χ2n) is 7.09. The Hall–Kier alpha value is -2.46. The number of thiocarbonyl (C=S) groups is 1. The maximum Gasteiger partial charge on any atom is 0.257 e. The third kappa shape index (κ3) is 4.66. The van der Waals surface area contributed by atoms with Gasteiger partial charge in [-0.15, -0.1) is 11.3 Å². The fourth-order valence-electron chi connectivity index (χ4n) is 3.50. The van der Waals surface area contributed by atoms with Gasteiger partial charge < -0.3 is 21.3 Å². The zero-order valence-corrected chi connectivity index (χ0v) is 20.6. The van der Waals surface area contributed by atoms with Crippen LogP contribution in [0.2, 0.25) is 5.02 Å². The molecule has 0 atom stereocenters. The molecule has 164 valence electrons.